The molecule has 1 N–H and O–H groups in total. The molecule has 0 radical (unpaired) electrons. The van der Waals surface area contributed by atoms with E-state index in [-0.39, 0.29) is 12.0 Å². The smallest absolute Gasteiger partial charge is 0.314 e. The second-order valence-electron chi connectivity index (χ2n) is 4.28. The topological polar surface area (TPSA) is 12.0 Å². The minimum atomic E-state index is -4.49. The lowest BCUT2D eigenvalue weighted by Gasteiger charge is -2.13. The molecule has 94 valence electrons. The van der Waals surface area contributed by atoms with Gasteiger partial charge in [0.1, 0.15) is 5.82 Å². The zero-order valence-corrected chi connectivity index (χ0v) is 9.15. The molecule has 1 fully saturated rings. The van der Waals surface area contributed by atoms with E-state index in [4.69, 9.17) is 0 Å². The molecule has 0 spiro atoms. The number of nitrogens with one attached hydrogen (secondary N) is 1. The highest BCUT2D eigenvalue weighted by Crippen LogP contribution is 2.32. The molecule has 0 aromatic heterocycles. The lowest BCUT2D eigenvalue weighted by atomic mass is 10.0. The molecule has 0 atom stereocenters. The van der Waals surface area contributed by atoms with Crippen molar-refractivity contribution >= 4 is 0 Å². The van der Waals surface area contributed by atoms with Crippen molar-refractivity contribution in [1.82, 2.24) is 5.32 Å². The zero-order chi connectivity index (χ0) is 12.5. The van der Waals surface area contributed by atoms with E-state index >= 15 is 0 Å². The van der Waals surface area contributed by atoms with Crippen LogP contribution in [0.4, 0.5) is 17.6 Å². The van der Waals surface area contributed by atoms with Crippen molar-refractivity contribution in [2.75, 3.05) is 6.54 Å². The summed E-state index contributed by atoms with van der Waals surface area (Å²) in [5.41, 5.74) is -0.720. The van der Waals surface area contributed by atoms with E-state index in [1.54, 1.807) is 0 Å². The highest BCUT2D eigenvalue weighted by molar-refractivity contribution is 5.30. The summed E-state index contributed by atoms with van der Waals surface area (Å²) in [4.78, 5) is 0. The molecule has 0 aliphatic heterocycles. The first-order valence-corrected chi connectivity index (χ1v) is 5.56. The summed E-state index contributed by atoms with van der Waals surface area (Å²) in [7, 11) is 0. The molecule has 1 aliphatic carbocycles. The Bertz CT molecular complexity index is 396. The Morgan fingerprint density at radius 2 is 1.94 bits per heavy atom. The minimum Gasteiger partial charge on any atom is -0.314 e. The first-order valence-electron chi connectivity index (χ1n) is 5.56. The van der Waals surface area contributed by atoms with Crippen LogP contribution < -0.4 is 5.32 Å². The van der Waals surface area contributed by atoms with Gasteiger partial charge in [0.05, 0.1) is 5.56 Å². The van der Waals surface area contributed by atoms with Gasteiger partial charge in [-0.3, -0.25) is 0 Å². The van der Waals surface area contributed by atoms with Gasteiger partial charge in [-0.25, -0.2) is 4.39 Å². The maximum absolute atomic E-state index is 12.8. The largest absolute Gasteiger partial charge is 0.416 e. The SMILES string of the molecule is Fc1ccc(CCNC2CC2)c(C(F)(F)F)c1. The van der Waals surface area contributed by atoms with Gasteiger partial charge < -0.3 is 5.32 Å². The Morgan fingerprint density at radius 3 is 2.53 bits per heavy atom. The Labute approximate surface area is 96.8 Å². The fraction of sp³-hybridized carbons (Fsp3) is 0.500. The van der Waals surface area contributed by atoms with Gasteiger partial charge in [-0.1, -0.05) is 6.07 Å². The number of alkyl halides is 3. The molecule has 1 aromatic carbocycles. The number of halogens is 4. The summed E-state index contributed by atoms with van der Waals surface area (Å²) >= 11 is 0. The average Bonchev–Trinajstić information content (AvgIpc) is 3.02. The minimum absolute atomic E-state index is 0.145. The molecular formula is C12H13F4N. The first kappa shape index (κ1) is 12.4. The molecule has 0 saturated heterocycles. The summed E-state index contributed by atoms with van der Waals surface area (Å²) in [6.45, 7) is 0.499. The van der Waals surface area contributed by atoms with E-state index in [2.05, 4.69) is 5.32 Å². The second-order valence-corrected chi connectivity index (χ2v) is 4.28. The van der Waals surface area contributed by atoms with Crippen LogP contribution in [0.25, 0.3) is 0 Å². The number of hydrogen-bond donors (Lipinski definition) is 1. The molecule has 1 aliphatic rings. The van der Waals surface area contributed by atoms with E-state index in [1.165, 1.54) is 6.07 Å². The van der Waals surface area contributed by atoms with Crippen LogP contribution in [0.2, 0.25) is 0 Å². The van der Waals surface area contributed by atoms with Gasteiger partial charge in [0, 0.05) is 6.04 Å². The number of benzene rings is 1. The van der Waals surface area contributed by atoms with Crippen LogP contribution in [0.3, 0.4) is 0 Å². The highest BCUT2D eigenvalue weighted by Gasteiger charge is 2.33. The van der Waals surface area contributed by atoms with E-state index in [0.717, 1.165) is 18.9 Å². The van der Waals surface area contributed by atoms with Crippen LogP contribution in [0.15, 0.2) is 18.2 Å². The van der Waals surface area contributed by atoms with Crippen LogP contribution in [-0.4, -0.2) is 12.6 Å². The fourth-order valence-corrected chi connectivity index (χ4v) is 1.73. The molecule has 17 heavy (non-hydrogen) atoms. The maximum atomic E-state index is 12.8. The number of rotatable bonds is 4. The van der Waals surface area contributed by atoms with Gasteiger partial charge in [-0.15, -0.1) is 0 Å². The molecule has 2 rings (SSSR count). The standard InChI is InChI=1S/C12H13F4N/c13-9-2-1-8(5-6-17-10-3-4-10)11(7-9)12(14,15)16/h1-2,7,10,17H,3-6H2. The predicted molar refractivity (Wildman–Crippen MR) is 56.1 cm³/mol. The summed E-state index contributed by atoms with van der Waals surface area (Å²) in [6.07, 6.45) is -2.03. The van der Waals surface area contributed by atoms with E-state index in [1.807, 2.05) is 0 Å². The van der Waals surface area contributed by atoms with Crippen molar-refractivity contribution in [1.29, 1.82) is 0 Å². The molecule has 1 aromatic rings. The van der Waals surface area contributed by atoms with Crippen LogP contribution in [-0.2, 0) is 12.6 Å². The monoisotopic (exact) mass is 247 g/mol. The zero-order valence-electron chi connectivity index (χ0n) is 9.15. The molecule has 1 saturated carbocycles. The predicted octanol–water partition coefficient (Wildman–Crippen LogP) is 3.14. The Morgan fingerprint density at radius 1 is 1.24 bits per heavy atom. The lowest BCUT2D eigenvalue weighted by molar-refractivity contribution is -0.138. The van der Waals surface area contributed by atoms with Crippen LogP contribution in [0.5, 0.6) is 0 Å². The molecule has 0 amide bonds. The molecule has 0 unspecified atom stereocenters. The van der Waals surface area contributed by atoms with E-state index in [9.17, 15) is 17.6 Å². The van der Waals surface area contributed by atoms with Gasteiger partial charge >= 0.3 is 6.18 Å². The molecule has 0 bridgehead atoms. The van der Waals surface area contributed by atoms with Crippen molar-refractivity contribution in [3.63, 3.8) is 0 Å². The van der Waals surface area contributed by atoms with Crippen LogP contribution in [0, 0.1) is 5.82 Å². The first-order chi connectivity index (χ1) is 7.97. The molecule has 0 heterocycles. The van der Waals surface area contributed by atoms with Crippen molar-refractivity contribution in [3.05, 3.63) is 35.1 Å². The highest BCUT2D eigenvalue weighted by atomic mass is 19.4. The third kappa shape index (κ3) is 3.43. The molecule has 5 heteroatoms. The van der Waals surface area contributed by atoms with Crippen molar-refractivity contribution in [2.45, 2.75) is 31.5 Å². The third-order valence-electron chi connectivity index (χ3n) is 2.78. The summed E-state index contributed by atoms with van der Waals surface area (Å²) in [6, 6.07) is 3.31. The average molecular weight is 247 g/mol. The van der Waals surface area contributed by atoms with Crippen LogP contribution in [0.1, 0.15) is 24.0 Å². The second kappa shape index (κ2) is 4.64. The number of hydrogen-bond acceptors (Lipinski definition) is 1. The third-order valence-corrected chi connectivity index (χ3v) is 2.78. The Kier molecular flexibility index (Phi) is 3.38. The fourth-order valence-electron chi connectivity index (χ4n) is 1.73. The van der Waals surface area contributed by atoms with E-state index in [0.29, 0.717) is 18.7 Å². The van der Waals surface area contributed by atoms with Crippen molar-refractivity contribution in [2.24, 2.45) is 0 Å². The Balaban J connectivity index is 2.08. The molecule has 1 nitrogen and oxygen atoms in total. The summed E-state index contributed by atoms with van der Waals surface area (Å²) in [5, 5.41) is 3.14. The van der Waals surface area contributed by atoms with Gasteiger partial charge in [0.2, 0.25) is 0 Å². The summed E-state index contributed by atoms with van der Waals surface area (Å²) < 4.78 is 50.7. The quantitative estimate of drug-likeness (QED) is 0.806. The van der Waals surface area contributed by atoms with Gasteiger partial charge in [0.25, 0.3) is 0 Å². The van der Waals surface area contributed by atoms with Gasteiger partial charge in [-0.2, -0.15) is 13.2 Å². The Hall–Kier alpha value is -1.10. The summed E-state index contributed by atoms with van der Waals surface area (Å²) in [5.74, 6) is -0.851. The van der Waals surface area contributed by atoms with Gasteiger partial charge in [0.15, 0.2) is 0 Å². The van der Waals surface area contributed by atoms with Crippen molar-refractivity contribution in [3.8, 4) is 0 Å². The lowest BCUT2D eigenvalue weighted by Crippen LogP contribution is -2.21. The van der Waals surface area contributed by atoms with Crippen molar-refractivity contribution < 1.29 is 17.6 Å². The normalized spacial score (nSPS) is 16.2. The van der Waals surface area contributed by atoms with Gasteiger partial charge in [-0.05, 0) is 43.5 Å². The molecular weight excluding hydrogens is 234 g/mol. The maximum Gasteiger partial charge on any atom is 0.416 e. The van der Waals surface area contributed by atoms with E-state index < -0.39 is 17.6 Å². The van der Waals surface area contributed by atoms with Crippen LogP contribution >= 0.6 is 0 Å².